The second kappa shape index (κ2) is 8.19. The Morgan fingerprint density at radius 1 is 1.00 bits per heavy atom. The van der Waals surface area contributed by atoms with Crippen LogP contribution in [0.25, 0.3) is 0 Å². The van der Waals surface area contributed by atoms with Crippen molar-refractivity contribution in [1.82, 2.24) is 9.97 Å². The Hall–Kier alpha value is -2.30. The highest BCUT2D eigenvalue weighted by molar-refractivity contribution is 5.52. The monoisotopic (exact) mass is 339 g/mol. The molecule has 0 atom stereocenters. The van der Waals surface area contributed by atoms with Gasteiger partial charge in [0.1, 0.15) is 17.5 Å². The fraction of sp³-hybridized carbons (Fsp3) is 0.500. The van der Waals surface area contributed by atoms with Crippen molar-refractivity contribution in [3.05, 3.63) is 42.2 Å². The molecule has 5 heteroatoms. The molecule has 1 aromatic carbocycles. The van der Waals surface area contributed by atoms with Crippen LogP contribution in [-0.2, 0) is 0 Å². The number of hydrogen-bond acceptors (Lipinski definition) is 5. The van der Waals surface area contributed by atoms with Crippen LogP contribution in [0.4, 0.5) is 17.3 Å². The van der Waals surface area contributed by atoms with Gasteiger partial charge >= 0.3 is 0 Å². The number of aryl methyl sites for hydroxylation is 1. The highest BCUT2D eigenvalue weighted by Crippen LogP contribution is 2.21. The molecular formula is C20H29N5. The van der Waals surface area contributed by atoms with E-state index in [1.54, 1.807) is 0 Å². The summed E-state index contributed by atoms with van der Waals surface area (Å²) in [6, 6.07) is 12.7. The highest BCUT2D eigenvalue weighted by atomic mass is 15.3. The van der Waals surface area contributed by atoms with Gasteiger partial charge in [0.15, 0.2) is 0 Å². The Morgan fingerprint density at radius 3 is 2.36 bits per heavy atom. The minimum absolute atomic E-state index is 0.695. The molecule has 3 rings (SSSR count). The molecule has 1 fully saturated rings. The van der Waals surface area contributed by atoms with Crippen molar-refractivity contribution < 1.29 is 0 Å². The van der Waals surface area contributed by atoms with Gasteiger partial charge in [-0.2, -0.15) is 0 Å². The van der Waals surface area contributed by atoms with Gasteiger partial charge in [0.05, 0.1) is 0 Å². The number of rotatable bonds is 6. The summed E-state index contributed by atoms with van der Waals surface area (Å²) in [4.78, 5) is 14.0. The van der Waals surface area contributed by atoms with Gasteiger partial charge in [0.2, 0.25) is 0 Å². The standard InChI is InChI=1S/C20H29N5/c1-16(2)9-10-21-19-15-20(23-17(3)22-19)25-13-11-24(12-14-25)18-7-5-4-6-8-18/h4-8,15-16H,9-14H2,1-3H3,(H,21,22,23). The number of nitrogens with zero attached hydrogens (tertiary/aromatic N) is 4. The van der Waals surface area contributed by atoms with Crippen LogP contribution in [0, 0.1) is 12.8 Å². The fourth-order valence-corrected chi connectivity index (χ4v) is 3.13. The van der Waals surface area contributed by atoms with E-state index in [9.17, 15) is 0 Å². The Kier molecular flexibility index (Phi) is 5.74. The van der Waals surface area contributed by atoms with Crippen molar-refractivity contribution in [2.24, 2.45) is 5.92 Å². The van der Waals surface area contributed by atoms with Crippen molar-refractivity contribution in [1.29, 1.82) is 0 Å². The van der Waals surface area contributed by atoms with Gasteiger partial charge in [-0.15, -0.1) is 0 Å². The number of piperazine rings is 1. The molecule has 1 aliphatic rings. The molecule has 0 bridgehead atoms. The average Bonchev–Trinajstić information content (AvgIpc) is 2.62. The summed E-state index contributed by atoms with van der Waals surface area (Å²) >= 11 is 0. The highest BCUT2D eigenvalue weighted by Gasteiger charge is 2.19. The lowest BCUT2D eigenvalue weighted by Crippen LogP contribution is -2.46. The van der Waals surface area contributed by atoms with Gasteiger partial charge in [-0.1, -0.05) is 32.0 Å². The molecule has 25 heavy (non-hydrogen) atoms. The van der Waals surface area contributed by atoms with Gasteiger partial charge in [0.25, 0.3) is 0 Å². The summed E-state index contributed by atoms with van der Waals surface area (Å²) in [5, 5.41) is 3.44. The lowest BCUT2D eigenvalue weighted by atomic mass is 10.1. The van der Waals surface area contributed by atoms with Crippen LogP contribution in [0.1, 0.15) is 26.1 Å². The maximum Gasteiger partial charge on any atom is 0.134 e. The molecule has 0 spiro atoms. The van der Waals surface area contributed by atoms with Gasteiger partial charge in [-0.05, 0) is 31.4 Å². The first-order valence-corrected chi connectivity index (χ1v) is 9.26. The van der Waals surface area contributed by atoms with Gasteiger partial charge in [0, 0.05) is 44.5 Å². The molecular weight excluding hydrogens is 310 g/mol. The average molecular weight is 339 g/mol. The molecule has 2 heterocycles. The summed E-state index contributed by atoms with van der Waals surface area (Å²) in [5.41, 5.74) is 1.30. The minimum atomic E-state index is 0.695. The van der Waals surface area contributed by atoms with Crippen LogP contribution in [-0.4, -0.2) is 42.7 Å². The van der Waals surface area contributed by atoms with Crippen LogP contribution < -0.4 is 15.1 Å². The van der Waals surface area contributed by atoms with Crippen molar-refractivity contribution in [2.45, 2.75) is 27.2 Å². The second-order valence-corrected chi connectivity index (χ2v) is 7.08. The molecule has 0 amide bonds. The lowest BCUT2D eigenvalue weighted by molar-refractivity contribution is 0.606. The summed E-state index contributed by atoms with van der Waals surface area (Å²) in [5.74, 6) is 3.50. The van der Waals surface area contributed by atoms with Gasteiger partial charge in [-0.25, -0.2) is 9.97 Å². The number of anilines is 3. The molecule has 1 saturated heterocycles. The number of benzene rings is 1. The molecule has 134 valence electrons. The third-order valence-electron chi connectivity index (χ3n) is 4.58. The molecule has 5 nitrogen and oxygen atoms in total. The normalized spacial score (nSPS) is 14.9. The van der Waals surface area contributed by atoms with Crippen molar-refractivity contribution in [3.8, 4) is 0 Å². The first-order valence-electron chi connectivity index (χ1n) is 9.26. The molecule has 1 N–H and O–H groups in total. The van der Waals surface area contributed by atoms with Crippen LogP contribution in [0.2, 0.25) is 0 Å². The number of nitrogens with one attached hydrogen (secondary N) is 1. The Labute approximate surface area is 151 Å². The van der Waals surface area contributed by atoms with Crippen molar-refractivity contribution in [3.63, 3.8) is 0 Å². The summed E-state index contributed by atoms with van der Waals surface area (Å²) in [6.07, 6.45) is 1.15. The first-order chi connectivity index (χ1) is 12.1. The van der Waals surface area contributed by atoms with Gasteiger partial charge in [-0.3, -0.25) is 0 Å². The summed E-state index contributed by atoms with van der Waals surface area (Å²) in [6.45, 7) is 11.4. The van der Waals surface area contributed by atoms with Crippen LogP contribution in [0.5, 0.6) is 0 Å². The summed E-state index contributed by atoms with van der Waals surface area (Å²) < 4.78 is 0. The zero-order valence-corrected chi connectivity index (χ0v) is 15.6. The Morgan fingerprint density at radius 2 is 1.68 bits per heavy atom. The van der Waals surface area contributed by atoms with Gasteiger partial charge < -0.3 is 15.1 Å². The van der Waals surface area contributed by atoms with E-state index in [0.717, 1.165) is 56.6 Å². The quantitative estimate of drug-likeness (QED) is 0.871. The third-order valence-corrected chi connectivity index (χ3v) is 4.58. The molecule has 0 radical (unpaired) electrons. The molecule has 0 unspecified atom stereocenters. The smallest absolute Gasteiger partial charge is 0.134 e. The van der Waals surface area contributed by atoms with E-state index in [1.807, 2.05) is 6.92 Å². The van der Waals surface area contributed by atoms with E-state index in [0.29, 0.717) is 5.92 Å². The van der Waals surface area contributed by atoms with E-state index >= 15 is 0 Å². The van der Waals surface area contributed by atoms with Crippen LogP contribution >= 0.6 is 0 Å². The van der Waals surface area contributed by atoms with Crippen LogP contribution in [0.15, 0.2) is 36.4 Å². The van der Waals surface area contributed by atoms with Crippen molar-refractivity contribution in [2.75, 3.05) is 47.8 Å². The van der Waals surface area contributed by atoms with E-state index in [-0.39, 0.29) is 0 Å². The Bertz CT molecular complexity index is 663. The fourth-order valence-electron chi connectivity index (χ4n) is 3.13. The zero-order valence-electron chi connectivity index (χ0n) is 15.6. The third kappa shape index (κ3) is 4.84. The second-order valence-electron chi connectivity index (χ2n) is 7.08. The SMILES string of the molecule is Cc1nc(NCCC(C)C)cc(N2CCN(c3ccccc3)CC2)n1. The zero-order chi connectivity index (χ0) is 17.6. The topological polar surface area (TPSA) is 44.3 Å². The maximum atomic E-state index is 4.65. The predicted octanol–water partition coefficient (Wildman–Crippen LogP) is 3.57. The molecule has 2 aromatic rings. The van der Waals surface area contributed by atoms with E-state index < -0.39 is 0 Å². The Balaban J connectivity index is 1.61. The number of para-hydroxylation sites is 1. The van der Waals surface area contributed by atoms with E-state index in [4.69, 9.17) is 0 Å². The lowest BCUT2D eigenvalue weighted by Gasteiger charge is -2.36. The molecule has 1 aliphatic heterocycles. The minimum Gasteiger partial charge on any atom is -0.370 e. The predicted molar refractivity (Wildman–Crippen MR) is 106 cm³/mol. The number of aromatic nitrogens is 2. The summed E-state index contributed by atoms with van der Waals surface area (Å²) in [7, 11) is 0. The first kappa shape index (κ1) is 17.5. The largest absolute Gasteiger partial charge is 0.370 e. The maximum absolute atomic E-state index is 4.65. The van der Waals surface area contributed by atoms with E-state index in [1.165, 1.54) is 5.69 Å². The molecule has 0 saturated carbocycles. The molecule has 1 aromatic heterocycles. The van der Waals surface area contributed by atoms with E-state index in [2.05, 4.69) is 75.3 Å². The van der Waals surface area contributed by atoms with Crippen LogP contribution in [0.3, 0.4) is 0 Å². The number of hydrogen-bond donors (Lipinski definition) is 1. The van der Waals surface area contributed by atoms with Crippen molar-refractivity contribution >= 4 is 17.3 Å². The molecule has 0 aliphatic carbocycles.